The molecule has 1 aliphatic heterocycles. The lowest BCUT2D eigenvalue weighted by atomic mass is 9.94. The Kier molecular flexibility index (Phi) is 2.82. The predicted molar refractivity (Wildman–Crippen MR) is 57.6 cm³/mol. The second-order valence-corrected chi connectivity index (χ2v) is 4.43. The number of benzene rings is 1. The van der Waals surface area contributed by atoms with Crippen molar-refractivity contribution in [2.75, 3.05) is 18.0 Å². The summed E-state index contributed by atoms with van der Waals surface area (Å²) in [5.41, 5.74) is 1.75. The average Bonchev–Trinajstić information content (AvgIpc) is 2.14. The number of rotatable bonds is 1. The van der Waals surface area contributed by atoms with E-state index in [2.05, 4.69) is 0 Å². The van der Waals surface area contributed by atoms with Gasteiger partial charge < -0.3 is 4.90 Å². The Morgan fingerprint density at radius 3 is 2.69 bits per heavy atom. The first-order valence-corrected chi connectivity index (χ1v) is 5.35. The minimum atomic E-state index is -4.13. The fourth-order valence-electron chi connectivity index (χ4n) is 2.27. The molecule has 1 nitrogen and oxygen atoms in total. The normalized spacial score (nSPS) is 20.8. The zero-order valence-corrected chi connectivity index (χ0v) is 9.09. The van der Waals surface area contributed by atoms with Crippen molar-refractivity contribution in [1.82, 2.24) is 0 Å². The first-order valence-electron chi connectivity index (χ1n) is 5.35. The lowest BCUT2D eigenvalue weighted by molar-refractivity contribution is -0.120. The molecule has 1 aromatic rings. The van der Waals surface area contributed by atoms with Crippen LogP contribution in [0, 0.1) is 5.92 Å². The number of nitrogens with zero attached hydrogens (tertiary/aromatic N) is 1. The van der Waals surface area contributed by atoms with Gasteiger partial charge in [-0.2, -0.15) is 13.2 Å². The van der Waals surface area contributed by atoms with Crippen LogP contribution < -0.4 is 4.90 Å². The number of alkyl halides is 3. The van der Waals surface area contributed by atoms with Crippen molar-refractivity contribution >= 4 is 5.69 Å². The Hall–Kier alpha value is -1.19. The smallest absolute Gasteiger partial charge is 0.362 e. The summed E-state index contributed by atoms with van der Waals surface area (Å²) in [6.45, 7) is 1.62. The summed E-state index contributed by atoms with van der Waals surface area (Å²) >= 11 is 0. The number of hydrogen-bond donors (Lipinski definition) is 0. The molecule has 0 fully saturated rings. The Morgan fingerprint density at radius 2 is 2.00 bits per heavy atom. The molecule has 1 aromatic carbocycles. The maximum atomic E-state index is 12.4. The standard InChI is InChI=1S/C12H14F3N/c1-9-6-10-4-2-3-5-11(10)16(7-9)8-12(13,14)15/h2-5,9H,6-8H2,1H3. The van der Waals surface area contributed by atoms with E-state index in [-0.39, 0.29) is 5.92 Å². The van der Waals surface area contributed by atoms with Gasteiger partial charge in [0.15, 0.2) is 0 Å². The molecule has 0 saturated carbocycles. The van der Waals surface area contributed by atoms with E-state index >= 15 is 0 Å². The second-order valence-electron chi connectivity index (χ2n) is 4.43. The maximum absolute atomic E-state index is 12.4. The zero-order chi connectivity index (χ0) is 11.8. The fourth-order valence-corrected chi connectivity index (χ4v) is 2.27. The maximum Gasteiger partial charge on any atom is 0.405 e. The molecule has 1 unspecified atom stereocenters. The molecule has 16 heavy (non-hydrogen) atoms. The highest BCUT2D eigenvalue weighted by molar-refractivity contribution is 5.55. The van der Waals surface area contributed by atoms with Crippen molar-refractivity contribution in [1.29, 1.82) is 0 Å². The predicted octanol–water partition coefficient (Wildman–Crippen LogP) is 3.25. The monoisotopic (exact) mass is 229 g/mol. The molecule has 0 radical (unpaired) electrons. The third kappa shape index (κ3) is 2.49. The Balaban J connectivity index is 2.27. The topological polar surface area (TPSA) is 3.24 Å². The molecular weight excluding hydrogens is 215 g/mol. The highest BCUT2D eigenvalue weighted by atomic mass is 19.4. The van der Waals surface area contributed by atoms with Gasteiger partial charge in [0.25, 0.3) is 0 Å². The van der Waals surface area contributed by atoms with Crippen molar-refractivity contribution in [3.05, 3.63) is 29.8 Å². The van der Waals surface area contributed by atoms with Crippen LogP contribution in [0.1, 0.15) is 12.5 Å². The zero-order valence-electron chi connectivity index (χ0n) is 9.09. The van der Waals surface area contributed by atoms with Crippen LogP contribution in [0.25, 0.3) is 0 Å². The molecule has 4 heteroatoms. The minimum absolute atomic E-state index is 0.275. The van der Waals surface area contributed by atoms with Crippen LogP contribution in [0.4, 0.5) is 18.9 Å². The van der Waals surface area contributed by atoms with Crippen LogP contribution in [0.15, 0.2) is 24.3 Å². The Labute approximate surface area is 92.9 Å². The number of hydrogen-bond acceptors (Lipinski definition) is 1. The Morgan fingerprint density at radius 1 is 1.31 bits per heavy atom. The van der Waals surface area contributed by atoms with E-state index in [0.717, 1.165) is 17.7 Å². The van der Waals surface area contributed by atoms with Gasteiger partial charge in [-0.15, -0.1) is 0 Å². The van der Waals surface area contributed by atoms with E-state index in [1.807, 2.05) is 19.1 Å². The number of fused-ring (bicyclic) bond motifs is 1. The first kappa shape index (κ1) is 11.3. The molecule has 0 saturated heterocycles. The third-order valence-electron chi connectivity index (χ3n) is 2.80. The van der Waals surface area contributed by atoms with Gasteiger partial charge >= 0.3 is 6.18 Å². The van der Waals surface area contributed by atoms with Gasteiger partial charge in [-0.3, -0.25) is 0 Å². The number of halogens is 3. The van der Waals surface area contributed by atoms with Crippen molar-refractivity contribution < 1.29 is 13.2 Å². The van der Waals surface area contributed by atoms with Crippen LogP contribution in [0.2, 0.25) is 0 Å². The number of anilines is 1. The van der Waals surface area contributed by atoms with Crippen LogP contribution in [-0.4, -0.2) is 19.3 Å². The molecule has 1 aliphatic rings. The van der Waals surface area contributed by atoms with Crippen molar-refractivity contribution in [2.45, 2.75) is 19.5 Å². The van der Waals surface area contributed by atoms with Crippen molar-refractivity contribution in [3.63, 3.8) is 0 Å². The van der Waals surface area contributed by atoms with Gasteiger partial charge in [0.05, 0.1) is 0 Å². The van der Waals surface area contributed by atoms with E-state index in [0.29, 0.717) is 6.54 Å². The molecule has 1 heterocycles. The van der Waals surface area contributed by atoms with Crippen LogP contribution in [-0.2, 0) is 6.42 Å². The van der Waals surface area contributed by atoms with Gasteiger partial charge in [-0.25, -0.2) is 0 Å². The molecule has 88 valence electrons. The van der Waals surface area contributed by atoms with Gasteiger partial charge in [-0.1, -0.05) is 25.1 Å². The fraction of sp³-hybridized carbons (Fsp3) is 0.500. The quantitative estimate of drug-likeness (QED) is 0.714. The summed E-state index contributed by atoms with van der Waals surface area (Å²) in [4.78, 5) is 1.43. The number of para-hydroxylation sites is 1. The van der Waals surface area contributed by atoms with Crippen molar-refractivity contribution in [2.24, 2.45) is 5.92 Å². The molecule has 0 aliphatic carbocycles. The molecule has 0 aromatic heterocycles. The van der Waals surface area contributed by atoms with Gasteiger partial charge in [-0.05, 0) is 24.0 Å². The highest BCUT2D eigenvalue weighted by Gasteiger charge is 2.33. The molecule has 0 bridgehead atoms. The van der Waals surface area contributed by atoms with E-state index in [1.54, 1.807) is 12.1 Å². The van der Waals surface area contributed by atoms with Crippen LogP contribution in [0.3, 0.4) is 0 Å². The van der Waals surface area contributed by atoms with Crippen LogP contribution in [0.5, 0.6) is 0 Å². The van der Waals surface area contributed by atoms with E-state index < -0.39 is 12.7 Å². The summed E-state index contributed by atoms with van der Waals surface area (Å²) in [6, 6.07) is 7.35. The van der Waals surface area contributed by atoms with E-state index in [1.165, 1.54) is 4.90 Å². The highest BCUT2D eigenvalue weighted by Crippen LogP contribution is 2.31. The van der Waals surface area contributed by atoms with Gasteiger partial charge in [0.1, 0.15) is 6.54 Å². The average molecular weight is 229 g/mol. The SMILES string of the molecule is CC1Cc2ccccc2N(CC(F)(F)F)C1. The summed E-state index contributed by atoms with van der Waals surface area (Å²) in [5.74, 6) is 0.275. The van der Waals surface area contributed by atoms with Crippen LogP contribution >= 0.6 is 0 Å². The minimum Gasteiger partial charge on any atom is -0.362 e. The van der Waals surface area contributed by atoms with E-state index in [9.17, 15) is 13.2 Å². The third-order valence-corrected chi connectivity index (χ3v) is 2.80. The lowest BCUT2D eigenvalue weighted by Crippen LogP contribution is -2.40. The molecule has 1 atom stereocenters. The largest absolute Gasteiger partial charge is 0.405 e. The summed E-state index contributed by atoms with van der Waals surface area (Å²) in [6.07, 6.45) is -3.27. The first-order chi connectivity index (χ1) is 7.46. The second kappa shape index (κ2) is 4.00. The Bertz CT molecular complexity index is 373. The molecule has 0 amide bonds. The van der Waals surface area contributed by atoms with Gasteiger partial charge in [0, 0.05) is 12.2 Å². The molecule has 2 rings (SSSR count). The molecule has 0 spiro atoms. The summed E-state index contributed by atoms with van der Waals surface area (Å²) in [5, 5.41) is 0. The van der Waals surface area contributed by atoms with Gasteiger partial charge in [0.2, 0.25) is 0 Å². The summed E-state index contributed by atoms with van der Waals surface area (Å²) in [7, 11) is 0. The molecule has 0 N–H and O–H groups in total. The van der Waals surface area contributed by atoms with Crippen molar-refractivity contribution in [3.8, 4) is 0 Å². The lowest BCUT2D eigenvalue weighted by Gasteiger charge is -2.35. The van der Waals surface area contributed by atoms with E-state index in [4.69, 9.17) is 0 Å². The molecular formula is C12H14F3N. The summed E-state index contributed by atoms with van der Waals surface area (Å²) < 4.78 is 37.3.